The molecule has 24 heavy (non-hydrogen) atoms. The van der Waals surface area contributed by atoms with Gasteiger partial charge in [0.25, 0.3) is 0 Å². The van der Waals surface area contributed by atoms with Crippen LogP contribution >= 0.6 is 0 Å². The van der Waals surface area contributed by atoms with Gasteiger partial charge in [0.15, 0.2) is 5.96 Å². The number of guanidine groups is 1. The second kappa shape index (κ2) is 9.95. The molecule has 0 aliphatic carbocycles. The fraction of sp³-hybridized carbons (Fsp3) is 0.706. The summed E-state index contributed by atoms with van der Waals surface area (Å²) in [5.74, 6) is 1.15. The Bertz CT molecular complexity index is 539. The number of nitrogens with one attached hydrogen (secondary N) is 2. The number of likely N-dealkylation sites (tertiary alicyclic amines) is 1. The third-order valence-corrected chi connectivity index (χ3v) is 4.06. The number of rotatable bonds is 9. The monoisotopic (exact) mass is 334 g/mol. The van der Waals surface area contributed by atoms with Gasteiger partial charge in [0.2, 0.25) is 5.91 Å². The van der Waals surface area contributed by atoms with Crippen LogP contribution < -0.4 is 10.6 Å². The zero-order valence-corrected chi connectivity index (χ0v) is 14.9. The molecule has 2 N–H and O–H groups in total. The molecule has 7 heteroatoms. The highest BCUT2D eigenvalue weighted by Crippen LogP contribution is 2.09. The number of amides is 1. The van der Waals surface area contributed by atoms with Gasteiger partial charge in [-0.15, -0.1) is 0 Å². The predicted octanol–water partition coefficient (Wildman–Crippen LogP) is 0.920. The quantitative estimate of drug-likeness (QED) is 0.400. The van der Waals surface area contributed by atoms with Gasteiger partial charge in [0.05, 0.1) is 6.20 Å². The second-order valence-electron chi connectivity index (χ2n) is 6.15. The molecule has 0 unspecified atom stereocenters. The fourth-order valence-corrected chi connectivity index (χ4v) is 2.83. The molecular weight excluding hydrogens is 304 g/mol. The van der Waals surface area contributed by atoms with Gasteiger partial charge in [-0.3, -0.25) is 14.5 Å². The number of aryl methyl sites for hydroxylation is 2. The molecule has 0 radical (unpaired) electrons. The van der Waals surface area contributed by atoms with Crippen LogP contribution in [0.5, 0.6) is 0 Å². The van der Waals surface area contributed by atoms with Gasteiger partial charge < -0.3 is 15.5 Å². The summed E-state index contributed by atoms with van der Waals surface area (Å²) < 4.78 is 1.83. The zero-order valence-electron chi connectivity index (χ0n) is 14.9. The van der Waals surface area contributed by atoms with Crippen LogP contribution in [0.3, 0.4) is 0 Å². The Morgan fingerprint density at radius 1 is 1.38 bits per heavy atom. The van der Waals surface area contributed by atoms with E-state index in [1.807, 2.05) is 22.8 Å². The molecular formula is C17H30N6O. The van der Waals surface area contributed by atoms with E-state index in [2.05, 4.69) is 33.8 Å². The minimum absolute atomic E-state index is 0.291. The Kier molecular flexibility index (Phi) is 7.58. The molecule has 1 saturated heterocycles. The first-order chi connectivity index (χ1) is 11.7. The van der Waals surface area contributed by atoms with Crippen LogP contribution in [-0.2, 0) is 18.3 Å². The SMILES string of the molecule is CCNC(=NCCCN1CCCC1=O)NCCCc1cnn(C)c1. The lowest BCUT2D eigenvalue weighted by Gasteiger charge is -2.15. The summed E-state index contributed by atoms with van der Waals surface area (Å²) in [6.07, 6.45) is 8.65. The van der Waals surface area contributed by atoms with Crippen molar-refractivity contribution in [2.24, 2.45) is 12.0 Å². The maximum atomic E-state index is 11.6. The molecule has 0 saturated carbocycles. The zero-order chi connectivity index (χ0) is 17.2. The summed E-state index contributed by atoms with van der Waals surface area (Å²) in [7, 11) is 1.94. The van der Waals surface area contributed by atoms with E-state index in [1.54, 1.807) is 0 Å². The highest BCUT2D eigenvalue weighted by atomic mass is 16.2. The first-order valence-electron chi connectivity index (χ1n) is 8.96. The Hall–Kier alpha value is -2.05. The van der Waals surface area contributed by atoms with E-state index >= 15 is 0 Å². The van der Waals surface area contributed by atoms with E-state index in [9.17, 15) is 4.79 Å². The summed E-state index contributed by atoms with van der Waals surface area (Å²) in [6.45, 7) is 6.26. The van der Waals surface area contributed by atoms with E-state index in [-0.39, 0.29) is 0 Å². The van der Waals surface area contributed by atoms with E-state index in [4.69, 9.17) is 0 Å². The number of hydrogen-bond acceptors (Lipinski definition) is 3. The molecule has 0 atom stereocenters. The maximum Gasteiger partial charge on any atom is 0.222 e. The van der Waals surface area contributed by atoms with Gasteiger partial charge in [-0.05, 0) is 38.2 Å². The first kappa shape index (κ1) is 18.3. The van der Waals surface area contributed by atoms with Crippen LogP contribution in [0, 0.1) is 0 Å². The molecule has 0 aromatic carbocycles. The third-order valence-electron chi connectivity index (χ3n) is 4.06. The molecule has 1 aromatic heterocycles. The molecule has 1 amide bonds. The summed E-state index contributed by atoms with van der Waals surface area (Å²) in [5.41, 5.74) is 1.26. The van der Waals surface area contributed by atoms with Crippen LogP contribution in [0.2, 0.25) is 0 Å². The largest absolute Gasteiger partial charge is 0.357 e. The summed E-state index contributed by atoms with van der Waals surface area (Å²) in [6, 6.07) is 0. The van der Waals surface area contributed by atoms with Crippen LogP contribution in [0.25, 0.3) is 0 Å². The van der Waals surface area contributed by atoms with E-state index in [1.165, 1.54) is 5.56 Å². The molecule has 1 aliphatic rings. The highest BCUT2D eigenvalue weighted by Gasteiger charge is 2.18. The van der Waals surface area contributed by atoms with E-state index in [0.29, 0.717) is 12.3 Å². The average molecular weight is 334 g/mol. The van der Waals surface area contributed by atoms with Crippen molar-refractivity contribution in [3.8, 4) is 0 Å². The van der Waals surface area contributed by atoms with Gasteiger partial charge in [-0.2, -0.15) is 5.10 Å². The summed E-state index contributed by atoms with van der Waals surface area (Å²) in [5, 5.41) is 10.8. The van der Waals surface area contributed by atoms with Gasteiger partial charge in [0, 0.05) is 52.4 Å². The van der Waals surface area contributed by atoms with Crippen molar-refractivity contribution in [2.45, 2.75) is 39.0 Å². The molecule has 1 aliphatic heterocycles. The number of nitrogens with zero attached hydrogens (tertiary/aromatic N) is 4. The molecule has 2 heterocycles. The first-order valence-corrected chi connectivity index (χ1v) is 8.96. The van der Waals surface area contributed by atoms with Gasteiger partial charge in [0.1, 0.15) is 0 Å². The second-order valence-corrected chi connectivity index (χ2v) is 6.15. The number of carbonyl (C=O) groups excluding carboxylic acids is 1. The van der Waals surface area contributed by atoms with Crippen LogP contribution in [-0.4, -0.2) is 59.3 Å². The average Bonchev–Trinajstić information content (AvgIpc) is 3.16. The normalized spacial score (nSPS) is 15.2. The lowest BCUT2D eigenvalue weighted by Crippen LogP contribution is -2.38. The summed E-state index contributed by atoms with van der Waals surface area (Å²) >= 11 is 0. The smallest absolute Gasteiger partial charge is 0.222 e. The van der Waals surface area contributed by atoms with Crippen molar-refractivity contribution in [3.63, 3.8) is 0 Å². The van der Waals surface area contributed by atoms with Gasteiger partial charge in [-0.1, -0.05) is 0 Å². The Balaban J connectivity index is 1.63. The molecule has 0 bridgehead atoms. The Labute approximate surface area is 144 Å². The minimum Gasteiger partial charge on any atom is -0.357 e. The van der Waals surface area contributed by atoms with Gasteiger partial charge in [-0.25, -0.2) is 0 Å². The van der Waals surface area contributed by atoms with Crippen molar-refractivity contribution in [2.75, 3.05) is 32.7 Å². The minimum atomic E-state index is 0.291. The van der Waals surface area contributed by atoms with Crippen LogP contribution in [0.15, 0.2) is 17.4 Å². The summed E-state index contributed by atoms with van der Waals surface area (Å²) in [4.78, 5) is 18.1. The third kappa shape index (κ3) is 6.22. The molecule has 7 nitrogen and oxygen atoms in total. The maximum absolute atomic E-state index is 11.6. The molecule has 1 fully saturated rings. The van der Waals surface area contributed by atoms with E-state index < -0.39 is 0 Å². The molecule has 134 valence electrons. The predicted molar refractivity (Wildman–Crippen MR) is 95.9 cm³/mol. The fourth-order valence-electron chi connectivity index (χ4n) is 2.83. The number of carbonyl (C=O) groups is 1. The lowest BCUT2D eigenvalue weighted by atomic mass is 10.2. The Morgan fingerprint density at radius 3 is 2.92 bits per heavy atom. The van der Waals surface area contributed by atoms with E-state index in [0.717, 1.165) is 64.4 Å². The van der Waals surface area contributed by atoms with Crippen LogP contribution in [0.4, 0.5) is 0 Å². The standard InChI is InChI=1S/C17H30N6O/c1-3-18-17(19-9-4-7-15-13-21-22(2)14-15)20-10-6-12-23-11-5-8-16(23)24/h13-14H,3-12H2,1-2H3,(H2,18,19,20). The Morgan fingerprint density at radius 2 is 2.25 bits per heavy atom. The van der Waals surface area contributed by atoms with Crippen molar-refractivity contribution < 1.29 is 4.79 Å². The molecule has 1 aromatic rings. The number of aromatic nitrogens is 2. The van der Waals surface area contributed by atoms with Crippen molar-refractivity contribution in [1.29, 1.82) is 0 Å². The van der Waals surface area contributed by atoms with Crippen molar-refractivity contribution in [3.05, 3.63) is 18.0 Å². The van der Waals surface area contributed by atoms with Crippen LogP contribution in [0.1, 0.15) is 38.2 Å². The highest BCUT2D eigenvalue weighted by molar-refractivity contribution is 5.79. The number of aliphatic imine (C=N–C) groups is 1. The topological polar surface area (TPSA) is 74.6 Å². The molecule has 2 rings (SSSR count). The van der Waals surface area contributed by atoms with Crippen molar-refractivity contribution in [1.82, 2.24) is 25.3 Å². The van der Waals surface area contributed by atoms with Crippen molar-refractivity contribution >= 4 is 11.9 Å². The number of hydrogen-bond donors (Lipinski definition) is 2. The molecule has 0 spiro atoms. The van der Waals surface area contributed by atoms with Gasteiger partial charge >= 0.3 is 0 Å². The lowest BCUT2D eigenvalue weighted by molar-refractivity contribution is -0.127.